The third-order valence-electron chi connectivity index (χ3n) is 7.62. The van der Waals surface area contributed by atoms with Crippen molar-refractivity contribution in [3.05, 3.63) is 59.7 Å². The van der Waals surface area contributed by atoms with E-state index >= 15 is 0 Å². The van der Waals surface area contributed by atoms with E-state index in [4.69, 9.17) is 31.9 Å². The van der Waals surface area contributed by atoms with Crippen LogP contribution in [-0.2, 0) is 9.47 Å². The molecule has 2 unspecified atom stereocenters. The molecule has 10 heteroatoms. The van der Waals surface area contributed by atoms with E-state index in [0.717, 1.165) is 51.1 Å². The number of nitrogen functional groups attached to an aromatic ring is 1. The highest BCUT2D eigenvalue weighted by molar-refractivity contribution is 6.21. The lowest BCUT2D eigenvalue weighted by Gasteiger charge is -2.42. The van der Waals surface area contributed by atoms with Crippen LogP contribution in [0.3, 0.4) is 0 Å². The normalized spacial score (nSPS) is 21.4. The van der Waals surface area contributed by atoms with Crippen molar-refractivity contribution in [3.63, 3.8) is 0 Å². The van der Waals surface area contributed by atoms with Crippen LogP contribution in [0.5, 0.6) is 0 Å². The number of amides is 2. The van der Waals surface area contributed by atoms with Crippen LogP contribution in [0.2, 0.25) is 0 Å². The number of hydrogen-bond donors (Lipinski definition) is 2. The van der Waals surface area contributed by atoms with Gasteiger partial charge in [0.15, 0.2) is 0 Å². The Morgan fingerprint density at radius 2 is 1.88 bits per heavy atom. The van der Waals surface area contributed by atoms with Gasteiger partial charge in [-0.2, -0.15) is 0 Å². The number of nitrogens with two attached hydrogens (primary N) is 1. The maximum absolute atomic E-state index is 14.2. The van der Waals surface area contributed by atoms with Gasteiger partial charge in [0.1, 0.15) is 5.60 Å². The second kappa shape index (κ2) is 14.4. The van der Waals surface area contributed by atoms with Gasteiger partial charge in [-0.1, -0.05) is 30.4 Å². The van der Waals surface area contributed by atoms with E-state index in [1.807, 2.05) is 82.0 Å². The lowest BCUT2D eigenvalue weighted by atomic mass is 9.85. The number of hydrogen-bond acceptors (Lipinski definition) is 7. The van der Waals surface area contributed by atoms with Crippen LogP contribution in [0, 0.1) is 5.41 Å². The molecule has 1 spiro atoms. The van der Waals surface area contributed by atoms with E-state index in [2.05, 4.69) is 4.90 Å². The maximum atomic E-state index is 14.2. The molecule has 2 atom stereocenters. The van der Waals surface area contributed by atoms with Crippen molar-refractivity contribution in [2.75, 3.05) is 63.7 Å². The lowest BCUT2D eigenvalue weighted by molar-refractivity contribution is -0.0985. The summed E-state index contributed by atoms with van der Waals surface area (Å²) < 4.78 is 11.2. The Labute approximate surface area is 255 Å². The van der Waals surface area contributed by atoms with Gasteiger partial charge < -0.3 is 35.0 Å². The highest BCUT2D eigenvalue weighted by Crippen LogP contribution is 2.41. The van der Waals surface area contributed by atoms with Gasteiger partial charge >= 0.3 is 6.09 Å². The zero-order valence-electron chi connectivity index (χ0n) is 25.8. The first-order valence-electron chi connectivity index (χ1n) is 14.5. The Balaban J connectivity index is 0.00000237. The third kappa shape index (κ3) is 8.52. The molecule has 0 aromatic heterocycles. The van der Waals surface area contributed by atoms with Gasteiger partial charge in [0.25, 0.3) is 5.91 Å². The highest BCUT2D eigenvalue weighted by atomic mass is 35.5. The molecule has 3 aliphatic rings. The lowest BCUT2D eigenvalue weighted by Crippen LogP contribution is -2.57. The van der Waals surface area contributed by atoms with E-state index in [-0.39, 0.29) is 28.8 Å². The number of anilines is 2. The SMILES string of the molecule is CO.C\C(=C/C=C\C=C/C(C)Cl)C1CN(C(=O)OC(C)(C)C)CCN1C(=O)c1ccc(N)cc1N1CCC2(COC2)C1. The summed E-state index contributed by atoms with van der Waals surface area (Å²) in [5, 5.41) is 6.94. The van der Waals surface area contributed by atoms with Crippen molar-refractivity contribution in [2.24, 2.45) is 5.41 Å². The first kappa shape index (κ1) is 33.5. The smallest absolute Gasteiger partial charge is 0.410 e. The van der Waals surface area contributed by atoms with Crippen molar-refractivity contribution < 1.29 is 24.2 Å². The Hall–Kier alpha value is -3.01. The first-order valence-corrected chi connectivity index (χ1v) is 14.9. The molecule has 1 aromatic carbocycles. The van der Waals surface area contributed by atoms with Crippen molar-refractivity contribution in [2.45, 2.75) is 58.1 Å². The molecule has 1 aromatic rings. The van der Waals surface area contributed by atoms with E-state index in [1.54, 1.807) is 11.0 Å². The van der Waals surface area contributed by atoms with E-state index < -0.39 is 5.60 Å². The van der Waals surface area contributed by atoms with Crippen LogP contribution in [0.4, 0.5) is 16.2 Å². The zero-order chi connectivity index (χ0) is 31.1. The van der Waals surface area contributed by atoms with Gasteiger partial charge in [0, 0.05) is 56.3 Å². The Morgan fingerprint density at radius 3 is 2.48 bits per heavy atom. The van der Waals surface area contributed by atoms with E-state index in [0.29, 0.717) is 30.9 Å². The number of piperazine rings is 1. The number of halogens is 1. The molecule has 42 heavy (non-hydrogen) atoms. The number of ether oxygens (including phenoxy) is 2. The molecule has 0 bridgehead atoms. The van der Waals surface area contributed by atoms with Crippen LogP contribution in [0.15, 0.2) is 54.2 Å². The van der Waals surface area contributed by atoms with Gasteiger partial charge in [-0.05, 0) is 64.8 Å². The fourth-order valence-corrected chi connectivity index (χ4v) is 5.50. The fourth-order valence-electron chi connectivity index (χ4n) is 5.42. The van der Waals surface area contributed by atoms with E-state index in [1.165, 1.54) is 0 Å². The molecule has 3 saturated heterocycles. The third-order valence-corrected chi connectivity index (χ3v) is 7.77. The van der Waals surface area contributed by atoms with Crippen molar-refractivity contribution in [3.8, 4) is 0 Å². The van der Waals surface area contributed by atoms with Gasteiger partial charge in [-0.15, -0.1) is 11.6 Å². The second-order valence-electron chi connectivity index (χ2n) is 12.2. The number of rotatable bonds is 6. The van der Waals surface area contributed by atoms with Crippen LogP contribution in [-0.4, -0.2) is 97.0 Å². The number of nitrogens with zero attached hydrogens (tertiary/aromatic N) is 3. The predicted octanol–water partition coefficient (Wildman–Crippen LogP) is 4.85. The fraction of sp³-hybridized carbons (Fsp3) is 0.562. The average Bonchev–Trinajstić information content (AvgIpc) is 3.39. The monoisotopic (exact) mass is 602 g/mol. The second-order valence-corrected chi connectivity index (χ2v) is 12.9. The Kier molecular flexibility index (Phi) is 11.5. The van der Waals surface area contributed by atoms with Gasteiger partial charge in [0.2, 0.25) is 0 Å². The number of alkyl halides is 1. The number of carbonyl (C=O) groups is 2. The largest absolute Gasteiger partial charge is 0.444 e. The standard InChI is InChI=1S/C31H43ClN4O4.CH4O/c1-22(9-7-6-8-10-23(2)32)27-18-34(29(38)40-30(3,4)5)15-16-36(27)28(37)25-12-11-24(33)17-26(25)35-14-13-31(19-35)20-39-21-31;1-2/h6-12,17,23,27H,13-16,18-21,33H2,1-5H3;2H,1H3/b7-6-,10-8-,22-9+;. The minimum atomic E-state index is -0.601. The first-order chi connectivity index (χ1) is 19.9. The topological polar surface area (TPSA) is 109 Å². The van der Waals surface area contributed by atoms with Crippen molar-refractivity contribution in [1.82, 2.24) is 9.80 Å². The molecular formula is C32H47ClN4O5. The number of aliphatic hydroxyl groups is 1. The predicted molar refractivity (Wildman–Crippen MR) is 169 cm³/mol. The summed E-state index contributed by atoms with van der Waals surface area (Å²) in [5.74, 6) is -0.0674. The molecule has 3 N–H and O–H groups in total. The molecule has 3 heterocycles. The molecule has 0 aliphatic carbocycles. The molecular weight excluding hydrogens is 556 g/mol. The maximum Gasteiger partial charge on any atom is 0.410 e. The van der Waals surface area contributed by atoms with Crippen LogP contribution < -0.4 is 10.6 Å². The molecule has 9 nitrogen and oxygen atoms in total. The molecule has 0 saturated carbocycles. The van der Waals surface area contributed by atoms with Gasteiger partial charge in [0.05, 0.1) is 30.5 Å². The van der Waals surface area contributed by atoms with E-state index in [9.17, 15) is 9.59 Å². The van der Waals surface area contributed by atoms with Gasteiger partial charge in [-0.3, -0.25) is 4.79 Å². The number of benzene rings is 1. The minimum absolute atomic E-state index is 0.0556. The summed E-state index contributed by atoms with van der Waals surface area (Å²) in [6, 6.07) is 5.22. The average molecular weight is 603 g/mol. The molecule has 3 aliphatic heterocycles. The highest BCUT2D eigenvalue weighted by Gasteiger charge is 2.45. The number of aliphatic hydroxyl groups excluding tert-OH is 1. The minimum Gasteiger partial charge on any atom is -0.444 e. The van der Waals surface area contributed by atoms with Crippen LogP contribution >= 0.6 is 11.6 Å². The van der Waals surface area contributed by atoms with Gasteiger partial charge in [-0.25, -0.2) is 4.79 Å². The molecule has 2 amide bonds. The molecule has 232 valence electrons. The van der Waals surface area contributed by atoms with Crippen LogP contribution in [0.25, 0.3) is 0 Å². The Morgan fingerprint density at radius 1 is 1.17 bits per heavy atom. The molecule has 3 fully saturated rings. The number of carbonyl (C=O) groups excluding carboxylic acids is 2. The van der Waals surface area contributed by atoms with Crippen LogP contribution in [0.1, 0.15) is 51.4 Å². The molecule has 4 rings (SSSR count). The summed E-state index contributed by atoms with van der Waals surface area (Å²) in [5.41, 5.74) is 8.86. The van der Waals surface area contributed by atoms with Crippen molar-refractivity contribution in [1.29, 1.82) is 0 Å². The van der Waals surface area contributed by atoms with Crippen molar-refractivity contribution >= 4 is 35.0 Å². The summed E-state index contributed by atoms with van der Waals surface area (Å²) in [7, 11) is 1.00. The number of allylic oxidation sites excluding steroid dienone is 5. The summed E-state index contributed by atoms with van der Waals surface area (Å²) in [4.78, 5) is 33.0. The Bertz CT molecular complexity index is 1190. The summed E-state index contributed by atoms with van der Waals surface area (Å²) in [6.07, 6.45) is 10.3. The quantitative estimate of drug-likeness (QED) is 0.272. The summed E-state index contributed by atoms with van der Waals surface area (Å²) in [6.45, 7) is 13.8. The molecule has 0 radical (unpaired) electrons. The zero-order valence-corrected chi connectivity index (χ0v) is 26.6. The summed E-state index contributed by atoms with van der Waals surface area (Å²) >= 11 is 5.99.